The highest BCUT2D eigenvalue weighted by atomic mass is 16.1. The third-order valence-corrected chi connectivity index (χ3v) is 7.09. The molecule has 2 aliphatic rings. The van der Waals surface area contributed by atoms with Gasteiger partial charge in [0.25, 0.3) is 0 Å². The van der Waals surface area contributed by atoms with Gasteiger partial charge in [-0.25, -0.2) is 0 Å². The number of allylic oxidation sites excluding steroid dienone is 6. The molecule has 0 fully saturated rings. The number of benzene rings is 2. The second-order valence-corrected chi connectivity index (χ2v) is 9.47. The molecule has 0 atom stereocenters. The van der Waals surface area contributed by atoms with Gasteiger partial charge in [-0.1, -0.05) is 98.1 Å². The third kappa shape index (κ3) is 6.46. The Bertz CT molecular complexity index is 1160. The second kappa shape index (κ2) is 12.3. The van der Waals surface area contributed by atoms with Gasteiger partial charge < -0.3 is 0 Å². The van der Waals surface area contributed by atoms with E-state index in [4.69, 9.17) is 0 Å². The molecule has 0 aliphatic heterocycles. The molecule has 0 bridgehead atoms. The van der Waals surface area contributed by atoms with E-state index >= 15 is 0 Å². The highest BCUT2D eigenvalue weighted by Gasteiger charge is 2.23. The number of carbonyl (C=O) groups is 2. The average Bonchev–Trinajstić information content (AvgIpc) is 3.45. The molecular formula is C34H34O2. The van der Waals surface area contributed by atoms with Gasteiger partial charge in [-0.15, -0.1) is 0 Å². The van der Waals surface area contributed by atoms with Gasteiger partial charge in [-0.2, -0.15) is 0 Å². The summed E-state index contributed by atoms with van der Waals surface area (Å²) in [4.78, 5) is 25.0. The zero-order chi connectivity index (χ0) is 25.3. The monoisotopic (exact) mass is 474 g/mol. The molecule has 4 rings (SSSR count). The molecule has 182 valence electrons. The number of carbonyl (C=O) groups excluding carboxylic acids is 2. The number of ketones is 2. The van der Waals surface area contributed by atoms with Crippen LogP contribution in [-0.2, 0) is 9.59 Å². The van der Waals surface area contributed by atoms with Gasteiger partial charge in [0.05, 0.1) is 0 Å². The number of unbranched alkanes of at least 4 members (excludes halogenated alkanes) is 1. The van der Waals surface area contributed by atoms with Crippen LogP contribution in [0.4, 0.5) is 0 Å². The minimum atomic E-state index is 0.277. The van der Waals surface area contributed by atoms with Crippen molar-refractivity contribution in [3.63, 3.8) is 0 Å². The fourth-order valence-electron chi connectivity index (χ4n) is 4.91. The zero-order valence-electron chi connectivity index (χ0n) is 21.0. The van der Waals surface area contributed by atoms with Crippen LogP contribution >= 0.6 is 0 Å². The van der Waals surface area contributed by atoms with E-state index < -0.39 is 0 Å². The molecule has 36 heavy (non-hydrogen) atoms. The van der Waals surface area contributed by atoms with Crippen molar-refractivity contribution in [2.24, 2.45) is 0 Å². The van der Waals surface area contributed by atoms with E-state index in [1.165, 1.54) is 0 Å². The molecule has 2 heteroatoms. The van der Waals surface area contributed by atoms with Crippen molar-refractivity contribution >= 4 is 35.9 Å². The molecule has 2 aromatic rings. The Hall–Kier alpha value is -3.78. The summed E-state index contributed by atoms with van der Waals surface area (Å²) in [6.07, 6.45) is 18.3. The first kappa shape index (κ1) is 25.3. The summed E-state index contributed by atoms with van der Waals surface area (Å²) in [5.74, 6) is 0.554. The van der Waals surface area contributed by atoms with Crippen molar-refractivity contribution in [3.05, 3.63) is 118 Å². The summed E-state index contributed by atoms with van der Waals surface area (Å²) >= 11 is 0. The summed E-state index contributed by atoms with van der Waals surface area (Å²) < 4.78 is 0. The summed E-state index contributed by atoms with van der Waals surface area (Å²) in [6.45, 7) is 7.59. The molecule has 0 N–H and O–H groups in total. The number of hydrogen-bond donors (Lipinski definition) is 0. The van der Waals surface area contributed by atoms with Gasteiger partial charge in [0.1, 0.15) is 0 Å². The van der Waals surface area contributed by atoms with Crippen LogP contribution in [0.15, 0.2) is 96.1 Å². The quantitative estimate of drug-likeness (QED) is 0.306. The second-order valence-electron chi connectivity index (χ2n) is 9.47. The van der Waals surface area contributed by atoms with E-state index in [9.17, 15) is 9.59 Å². The maximum Gasteiger partial charge on any atom is 0.159 e. The lowest BCUT2D eigenvalue weighted by atomic mass is 9.98. The van der Waals surface area contributed by atoms with Gasteiger partial charge >= 0.3 is 0 Å². The van der Waals surface area contributed by atoms with E-state index in [2.05, 4.69) is 61.7 Å². The lowest BCUT2D eigenvalue weighted by Gasteiger charge is -2.06. The van der Waals surface area contributed by atoms with Crippen molar-refractivity contribution in [2.45, 2.75) is 51.4 Å². The Morgan fingerprint density at radius 3 is 1.25 bits per heavy atom. The minimum absolute atomic E-state index is 0.277. The van der Waals surface area contributed by atoms with Crippen molar-refractivity contribution < 1.29 is 9.59 Å². The molecule has 0 amide bonds. The normalized spacial score (nSPS) is 16.2. The first-order valence-corrected chi connectivity index (χ1v) is 12.9. The van der Waals surface area contributed by atoms with Crippen molar-refractivity contribution in [1.82, 2.24) is 0 Å². The van der Waals surface area contributed by atoms with Gasteiger partial charge in [0, 0.05) is 12.8 Å². The van der Waals surface area contributed by atoms with Crippen molar-refractivity contribution in [1.29, 1.82) is 0 Å². The molecule has 2 aromatic carbocycles. The molecule has 2 aliphatic carbocycles. The van der Waals surface area contributed by atoms with Gasteiger partial charge in [0.2, 0.25) is 0 Å². The van der Waals surface area contributed by atoms with Crippen LogP contribution in [0, 0.1) is 0 Å². The van der Waals surface area contributed by atoms with E-state index in [-0.39, 0.29) is 11.6 Å². The molecule has 0 spiro atoms. The predicted molar refractivity (Wildman–Crippen MR) is 152 cm³/mol. The lowest BCUT2D eigenvalue weighted by Crippen LogP contribution is -1.99. The SMILES string of the molecule is C=Cc1ccc(/C=C/C2=C(CCCCC3=C(/C=C/c4ccc(C=C)cc4)CCC3=O)C(=O)CC2)cc1. The largest absolute Gasteiger partial charge is 0.295 e. The number of rotatable bonds is 11. The Morgan fingerprint density at radius 1 is 0.528 bits per heavy atom. The van der Waals surface area contributed by atoms with Crippen LogP contribution < -0.4 is 0 Å². The highest BCUT2D eigenvalue weighted by molar-refractivity contribution is 6.00. The zero-order valence-corrected chi connectivity index (χ0v) is 21.0. The molecule has 0 unspecified atom stereocenters. The molecule has 0 aromatic heterocycles. The van der Waals surface area contributed by atoms with E-state index in [1.807, 2.05) is 36.4 Å². The Balaban J connectivity index is 1.35. The average molecular weight is 475 g/mol. The summed E-state index contributed by atoms with van der Waals surface area (Å²) in [5, 5.41) is 0. The van der Waals surface area contributed by atoms with Gasteiger partial charge in [-0.3, -0.25) is 9.59 Å². The number of Topliss-reactive ketones (excluding diaryl/α,β-unsaturated/α-hetero) is 2. The smallest absolute Gasteiger partial charge is 0.159 e. The Labute approximate surface area is 215 Å². The van der Waals surface area contributed by atoms with E-state index in [0.29, 0.717) is 12.8 Å². The Kier molecular flexibility index (Phi) is 8.62. The molecule has 0 saturated heterocycles. The molecular weight excluding hydrogens is 440 g/mol. The maximum absolute atomic E-state index is 12.5. The van der Waals surface area contributed by atoms with Crippen LogP contribution in [0.1, 0.15) is 73.6 Å². The van der Waals surface area contributed by atoms with E-state index in [1.54, 1.807) is 0 Å². The lowest BCUT2D eigenvalue weighted by molar-refractivity contribution is -0.115. The highest BCUT2D eigenvalue weighted by Crippen LogP contribution is 2.31. The van der Waals surface area contributed by atoms with Crippen LogP contribution in [-0.4, -0.2) is 11.6 Å². The van der Waals surface area contributed by atoms with Crippen molar-refractivity contribution in [2.75, 3.05) is 0 Å². The maximum atomic E-state index is 12.5. The first-order chi connectivity index (χ1) is 17.6. The van der Waals surface area contributed by atoms with Gasteiger partial charge in [-0.05, 0) is 83.1 Å². The molecule has 2 nitrogen and oxygen atoms in total. The van der Waals surface area contributed by atoms with Crippen LogP contribution in [0.25, 0.3) is 24.3 Å². The van der Waals surface area contributed by atoms with Crippen LogP contribution in [0.3, 0.4) is 0 Å². The summed E-state index contributed by atoms with van der Waals surface area (Å²) in [6, 6.07) is 16.5. The van der Waals surface area contributed by atoms with E-state index in [0.717, 1.165) is 83.1 Å². The minimum Gasteiger partial charge on any atom is -0.295 e. The fourth-order valence-corrected chi connectivity index (χ4v) is 4.91. The summed E-state index contributed by atoms with van der Waals surface area (Å²) in [7, 11) is 0. The molecule has 0 heterocycles. The van der Waals surface area contributed by atoms with Crippen LogP contribution in [0.5, 0.6) is 0 Å². The van der Waals surface area contributed by atoms with Gasteiger partial charge in [0.15, 0.2) is 11.6 Å². The fraction of sp³-hybridized carbons (Fsp3) is 0.235. The topological polar surface area (TPSA) is 34.1 Å². The Morgan fingerprint density at radius 2 is 0.889 bits per heavy atom. The van der Waals surface area contributed by atoms with Crippen LogP contribution in [0.2, 0.25) is 0 Å². The molecule has 0 saturated carbocycles. The first-order valence-electron chi connectivity index (χ1n) is 12.9. The predicted octanol–water partition coefficient (Wildman–Crippen LogP) is 8.58. The number of hydrogen-bond acceptors (Lipinski definition) is 2. The molecule has 0 radical (unpaired) electrons. The summed E-state index contributed by atoms with van der Waals surface area (Å²) in [5.41, 5.74) is 8.71. The third-order valence-electron chi connectivity index (χ3n) is 7.09. The standard InChI is InChI=1S/C34H34O2/c1-3-25-9-13-27(14-10-25)17-19-29-21-23-33(35)31(29)7-5-6-8-32-30(22-24-34(32)36)20-18-28-15-11-26(4-2)12-16-28/h3-4,9-20H,1-2,5-8,21-24H2/b19-17+,20-18+. The van der Waals surface area contributed by atoms with Crippen molar-refractivity contribution in [3.8, 4) is 0 Å².